The second kappa shape index (κ2) is 9.59. The molecular formula is C23H25N3O3. The van der Waals surface area contributed by atoms with Gasteiger partial charge in [-0.1, -0.05) is 24.3 Å². The van der Waals surface area contributed by atoms with Crippen LogP contribution in [0.15, 0.2) is 66.9 Å². The first kappa shape index (κ1) is 20.2. The third kappa shape index (κ3) is 5.72. The van der Waals surface area contributed by atoms with Gasteiger partial charge in [0.1, 0.15) is 18.1 Å². The van der Waals surface area contributed by atoms with Gasteiger partial charge in [0.05, 0.1) is 19.3 Å². The van der Waals surface area contributed by atoms with Crippen molar-refractivity contribution in [3.05, 3.63) is 83.7 Å². The second-order valence-electron chi connectivity index (χ2n) is 6.68. The summed E-state index contributed by atoms with van der Waals surface area (Å²) in [5.74, 6) is 1.45. The first-order valence-corrected chi connectivity index (χ1v) is 9.31. The lowest BCUT2D eigenvalue weighted by molar-refractivity contribution is -0.125. The molecule has 3 aromatic rings. The SMILES string of the molecule is COc1ccc(/C=C/C(=O)N(C)Cc2ccn(C)n2)cc1COc1ccccc1. The highest BCUT2D eigenvalue weighted by atomic mass is 16.5. The Bertz CT molecular complexity index is 980. The van der Waals surface area contributed by atoms with Crippen LogP contribution in [-0.4, -0.2) is 34.7 Å². The van der Waals surface area contributed by atoms with Crippen LogP contribution in [0, 0.1) is 0 Å². The molecule has 3 rings (SSSR count). The van der Waals surface area contributed by atoms with E-state index in [9.17, 15) is 4.79 Å². The van der Waals surface area contributed by atoms with Crippen LogP contribution in [0.25, 0.3) is 6.08 Å². The van der Waals surface area contributed by atoms with Gasteiger partial charge in [0.15, 0.2) is 0 Å². The van der Waals surface area contributed by atoms with Crippen LogP contribution in [0.2, 0.25) is 0 Å². The van der Waals surface area contributed by atoms with Crippen molar-refractivity contribution in [2.24, 2.45) is 7.05 Å². The van der Waals surface area contributed by atoms with Crippen LogP contribution in [0.5, 0.6) is 11.5 Å². The van der Waals surface area contributed by atoms with Crippen molar-refractivity contribution in [2.45, 2.75) is 13.2 Å². The van der Waals surface area contributed by atoms with E-state index in [4.69, 9.17) is 9.47 Å². The Morgan fingerprint density at radius 3 is 2.66 bits per heavy atom. The summed E-state index contributed by atoms with van der Waals surface area (Å²) in [7, 11) is 5.25. The molecule has 0 unspecified atom stereocenters. The van der Waals surface area contributed by atoms with Gasteiger partial charge in [-0.2, -0.15) is 5.10 Å². The maximum absolute atomic E-state index is 12.4. The molecule has 0 spiro atoms. The maximum atomic E-state index is 12.4. The number of carbonyl (C=O) groups excluding carboxylic acids is 1. The number of methoxy groups -OCH3 is 1. The minimum absolute atomic E-state index is 0.0893. The van der Waals surface area contributed by atoms with Gasteiger partial charge in [-0.3, -0.25) is 9.48 Å². The number of benzene rings is 2. The van der Waals surface area contributed by atoms with E-state index in [-0.39, 0.29) is 5.91 Å². The Morgan fingerprint density at radius 2 is 1.97 bits per heavy atom. The smallest absolute Gasteiger partial charge is 0.246 e. The van der Waals surface area contributed by atoms with Gasteiger partial charge in [0, 0.05) is 31.9 Å². The minimum atomic E-state index is -0.0893. The molecule has 150 valence electrons. The van der Waals surface area contributed by atoms with Crippen LogP contribution in [0.3, 0.4) is 0 Å². The van der Waals surface area contributed by atoms with Gasteiger partial charge in [0.25, 0.3) is 0 Å². The van der Waals surface area contributed by atoms with Crippen LogP contribution in [0.1, 0.15) is 16.8 Å². The molecule has 0 aliphatic heterocycles. The first-order valence-electron chi connectivity index (χ1n) is 9.31. The molecule has 0 aliphatic carbocycles. The van der Waals surface area contributed by atoms with E-state index in [1.54, 1.807) is 35.9 Å². The van der Waals surface area contributed by atoms with E-state index in [0.29, 0.717) is 13.2 Å². The number of ether oxygens (including phenoxy) is 2. The minimum Gasteiger partial charge on any atom is -0.496 e. The second-order valence-corrected chi connectivity index (χ2v) is 6.68. The number of aromatic nitrogens is 2. The fraction of sp³-hybridized carbons (Fsp3) is 0.217. The zero-order valence-corrected chi connectivity index (χ0v) is 16.9. The summed E-state index contributed by atoms with van der Waals surface area (Å²) in [6, 6.07) is 17.3. The molecule has 0 saturated heterocycles. The van der Waals surface area contributed by atoms with Crippen LogP contribution in [0.4, 0.5) is 0 Å². The number of hydrogen-bond donors (Lipinski definition) is 0. The molecule has 0 saturated carbocycles. The fourth-order valence-electron chi connectivity index (χ4n) is 2.86. The zero-order valence-electron chi connectivity index (χ0n) is 16.9. The highest BCUT2D eigenvalue weighted by Gasteiger charge is 2.09. The maximum Gasteiger partial charge on any atom is 0.246 e. The number of rotatable bonds is 8. The average Bonchev–Trinajstić information content (AvgIpc) is 3.15. The van der Waals surface area contributed by atoms with Crippen LogP contribution in [-0.2, 0) is 25.0 Å². The lowest BCUT2D eigenvalue weighted by Gasteiger charge is -2.13. The quantitative estimate of drug-likeness (QED) is 0.550. The Hall–Kier alpha value is -3.54. The number of amides is 1. The summed E-state index contributed by atoms with van der Waals surface area (Å²) in [6.45, 7) is 0.838. The molecular weight excluding hydrogens is 366 g/mol. The standard InChI is InChI=1S/C23H25N3O3/c1-25(16-20-13-14-26(2)24-20)23(27)12-10-18-9-11-22(28-3)19(15-18)17-29-21-7-5-4-6-8-21/h4-15H,16-17H2,1-3H3/b12-10+. The van der Waals surface area contributed by atoms with Crippen molar-refractivity contribution in [2.75, 3.05) is 14.2 Å². The van der Waals surface area contributed by atoms with Crippen molar-refractivity contribution in [1.82, 2.24) is 14.7 Å². The van der Waals surface area contributed by atoms with Gasteiger partial charge in [-0.15, -0.1) is 0 Å². The Labute approximate surface area is 171 Å². The number of carbonyl (C=O) groups is 1. The zero-order chi connectivity index (χ0) is 20.6. The molecule has 0 aliphatic rings. The normalized spacial score (nSPS) is 10.9. The molecule has 1 heterocycles. The van der Waals surface area contributed by atoms with E-state index < -0.39 is 0 Å². The predicted molar refractivity (Wildman–Crippen MR) is 112 cm³/mol. The lowest BCUT2D eigenvalue weighted by atomic mass is 10.1. The third-order valence-electron chi connectivity index (χ3n) is 4.40. The number of hydrogen-bond acceptors (Lipinski definition) is 4. The van der Waals surface area contributed by atoms with E-state index in [0.717, 1.165) is 28.3 Å². The van der Waals surface area contributed by atoms with Gasteiger partial charge < -0.3 is 14.4 Å². The molecule has 0 N–H and O–H groups in total. The van der Waals surface area contributed by atoms with Crippen molar-refractivity contribution >= 4 is 12.0 Å². The monoisotopic (exact) mass is 391 g/mol. The van der Waals surface area contributed by atoms with Crippen molar-refractivity contribution in [3.63, 3.8) is 0 Å². The average molecular weight is 391 g/mol. The van der Waals surface area contributed by atoms with E-state index in [2.05, 4.69) is 5.10 Å². The fourth-order valence-corrected chi connectivity index (χ4v) is 2.86. The van der Waals surface area contributed by atoms with Crippen molar-refractivity contribution < 1.29 is 14.3 Å². The Balaban J connectivity index is 1.65. The molecule has 6 heteroatoms. The Kier molecular flexibility index (Phi) is 6.68. The number of nitrogens with zero attached hydrogens (tertiary/aromatic N) is 3. The topological polar surface area (TPSA) is 56.6 Å². The van der Waals surface area contributed by atoms with Gasteiger partial charge in [-0.05, 0) is 42.0 Å². The van der Waals surface area contributed by atoms with E-state index in [1.165, 1.54) is 0 Å². The lowest BCUT2D eigenvalue weighted by Crippen LogP contribution is -2.24. The van der Waals surface area contributed by atoms with Crippen molar-refractivity contribution in [3.8, 4) is 11.5 Å². The molecule has 1 aromatic heterocycles. The first-order chi connectivity index (χ1) is 14.0. The van der Waals surface area contributed by atoms with Crippen LogP contribution < -0.4 is 9.47 Å². The molecule has 6 nitrogen and oxygen atoms in total. The van der Waals surface area contributed by atoms with Gasteiger partial charge in [-0.25, -0.2) is 0 Å². The van der Waals surface area contributed by atoms with Gasteiger partial charge in [0.2, 0.25) is 5.91 Å². The number of para-hydroxylation sites is 1. The summed E-state index contributed by atoms with van der Waals surface area (Å²) < 4.78 is 13.0. The summed E-state index contributed by atoms with van der Waals surface area (Å²) in [5, 5.41) is 4.30. The molecule has 0 bridgehead atoms. The highest BCUT2D eigenvalue weighted by molar-refractivity contribution is 5.91. The van der Waals surface area contributed by atoms with E-state index in [1.807, 2.05) is 67.8 Å². The largest absolute Gasteiger partial charge is 0.496 e. The molecule has 2 aromatic carbocycles. The highest BCUT2D eigenvalue weighted by Crippen LogP contribution is 2.23. The summed E-state index contributed by atoms with van der Waals surface area (Å²) in [6.07, 6.45) is 5.22. The third-order valence-corrected chi connectivity index (χ3v) is 4.40. The summed E-state index contributed by atoms with van der Waals surface area (Å²) in [4.78, 5) is 14.0. The molecule has 1 amide bonds. The molecule has 29 heavy (non-hydrogen) atoms. The number of likely N-dealkylation sites (N-methyl/N-ethyl adjacent to an activating group) is 1. The molecule has 0 radical (unpaired) electrons. The van der Waals surface area contributed by atoms with Crippen LogP contribution >= 0.6 is 0 Å². The molecule has 0 atom stereocenters. The predicted octanol–water partition coefficient (Wildman–Crippen LogP) is 3.68. The summed E-state index contributed by atoms with van der Waals surface area (Å²) >= 11 is 0. The van der Waals surface area contributed by atoms with Gasteiger partial charge >= 0.3 is 0 Å². The summed E-state index contributed by atoms with van der Waals surface area (Å²) in [5.41, 5.74) is 2.66. The molecule has 0 fully saturated rings. The van der Waals surface area contributed by atoms with Crippen molar-refractivity contribution in [1.29, 1.82) is 0 Å². The number of aryl methyl sites for hydroxylation is 1. The van der Waals surface area contributed by atoms with E-state index >= 15 is 0 Å². The Morgan fingerprint density at radius 1 is 1.17 bits per heavy atom.